The van der Waals surface area contributed by atoms with Crippen LogP contribution in [0, 0.1) is 11.8 Å². The molecule has 2 aromatic rings. The van der Waals surface area contributed by atoms with E-state index in [9.17, 15) is 13.2 Å². The van der Waals surface area contributed by atoms with E-state index < -0.39 is 10.0 Å². The number of pyridine rings is 1. The summed E-state index contributed by atoms with van der Waals surface area (Å²) in [6.45, 7) is 0.710. The molecule has 0 spiro atoms. The van der Waals surface area contributed by atoms with Gasteiger partial charge < -0.3 is 5.32 Å². The average Bonchev–Trinajstić information content (AvgIpc) is 2.85. The van der Waals surface area contributed by atoms with Crippen LogP contribution >= 0.6 is 0 Å². The van der Waals surface area contributed by atoms with E-state index >= 15 is 0 Å². The molecule has 0 unspecified atom stereocenters. The Morgan fingerprint density at radius 3 is 2.38 bits per heavy atom. The average molecular weight is 456 g/mol. The smallest absolute Gasteiger partial charge is 0.244 e. The SMILES string of the molecule is O=C(N[C@@H](CC1CCCCC1)c1ccccc1)C1CCN(S(=O)(=O)c2cccnc2)CC1. The molecule has 1 atom stereocenters. The van der Waals surface area contributed by atoms with Crippen molar-refractivity contribution in [3.63, 3.8) is 0 Å². The molecular formula is C25H33N3O3S. The zero-order valence-corrected chi connectivity index (χ0v) is 19.3. The van der Waals surface area contributed by atoms with Crippen LogP contribution < -0.4 is 5.32 Å². The van der Waals surface area contributed by atoms with Gasteiger partial charge in [-0.2, -0.15) is 4.31 Å². The molecule has 1 amide bonds. The molecule has 1 aliphatic carbocycles. The third-order valence-electron chi connectivity index (χ3n) is 6.91. The van der Waals surface area contributed by atoms with Crippen molar-refractivity contribution in [2.24, 2.45) is 11.8 Å². The molecule has 7 heteroatoms. The summed E-state index contributed by atoms with van der Waals surface area (Å²) in [6, 6.07) is 13.5. The molecule has 1 aromatic heterocycles. The molecule has 6 nitrogen and oxygen atoms in total. The number of carbonyl (C=O) groups is 1. The number of amides is 1. The molecule has 1 N–H and O–H groups in total. The molecule has 172 valence electrons. The third kappa shape index (κ3) is 5.56. The van der Waals surface area contributed by atoms with Gasteiger partial charge in [-0.25, -0.2) is 8.42 Å². The number of rotatable bonds is 7. The highest BCUT2D eigenvalue weighted by atomic mass is 32.2. The maximum atomic E-state index is 13.2. The van der Waals surface area contributed by atoms with Crippen molar-refractivity contribution in [1.82, 2.24) is 14.6 Å². The van der Waals surface area contributed by atoms with E-state index in [1.165, 1.54) is 42.6 Å². The van der Waals surface area contributed by atoms with Crippen LogP contribution in [-0.4, -0.2) is 36.7 Å². The summed E-state index contributed by atoms with van der Waals surface area (Å²) < 4.78 is 27.1. The van der Waals surface area contributed by atoms with Crippen LogP contribution in [0.15, 0.2) is 59.8 Å². The van der Waals surface area contributed by atoms with Gasteiger partial charge >= 0.3 is 0 Å². The Balaban J connectivity index is 1.38. The fourth-order valence-corrected chi connectivity index (χ4v) is 6.45. The summed E-state index contributed by atoms with van der Waals surface area (Å²) in [6.07, 6.45) is 11.4. The highest BCUT2D eigenvalue weighted by molar-refractivity contribution is 7.89. The van der Waals surface area contributed by atoms with Crippen LogP contribution in [0.5, 0.6) is 0 Å². The van der Waals surface area contributed by atoms with E-state index in [4.69, 9.17) is 0 Å². The van der Waals surface area contributed by atoms with Gasteiger partial charge in [0.2, 0.25) is 15.9 Å². The molecule has 1 saturated heterocycles. The van der Waals surface area contributed by atoms with E-state index in [-0.39, 0.29) is 22.8 Å². The molecule has 4 rings (SSSR count). The monoisotopic (exact) mass is 455 g/mol. The molecule has 1 aliphatic heterocycles. The van der Waals surface area contributed by atoms with Gasteiger partial charge in [0.25, 0.3) is 0 Å². The molecule has 1 aromatic carbocycles. The first-order valence-corrected chi connectivity index (χ1v) is 13.2. The minimum absolute atomic E-state index is 0.0176. The third-order valence-corrected chi connectivity index (χ3v) is 8.79. The summed E-state index contributed by atoms with van der Waals surface area (Å²) in [4.78, 5) is 17.3. The molecule has 2 fully saturated rings. The van der Waals surface area contributed by atoms with Crippen molar-refractivity contribution in [1.29, 1.82) is 0 Å². The van der Waals surface area contributed by atoms with Crippen LogP contribution in [0.3, 0.4) is 0 Å². The minimum Gasteiger partial charge on any atom is -0.349 e. The maximum Gasteiger partial charge on any atom is 0.244 e. The van der Waals surface area contributed by atoms with Gasteiger partial charge in [0.1, 0.15) is 4.90 Å². The lowest BCUT2D eigenvalue weighted by Gasteiger charge is -2.32. The Labute approximate surface area is 191 Å². The van der Waals surface area contributed by atoms with Gasteiger partial charge in [0.05, 0.1) is 6.04 Å². The van der Waals surface area contributed by atoms with E-state index in [1.54, 1.807) is 18.3 Å². The lowest BCUT2D eigenvalue weighted by atomic mass is 9.83. The van der Waals surface area contributed by atoms with Crippen molar-refractivity contribution in [2.45, 2.75) is 62.3 Å². The number of hydrogen-bond acceptors (Lipinski definition) is 4. The fourth-order valence-electron chi connectivity index (χ4n) is 5.02. The van der Waals surface area contributed by atoms with Gasteiger partial charge in [-0.1, -0.05) is 62.4 Å². The standard InChI is InChI=1S/C25H33N3O3S/c29-25(22-13-16-28(17-14-22)32(30,31)23-12-7-15-26-19-23)27-24(21-10-5-2-6-11-21)18-20-8-3-1-4-9-20/h2,5-7,10-12,15,19-20,22,24H,1,3-4,8-9,13-14,16-18H2,(H,27,29)/t24-/m0/s1. The molecular weight excluding hydrogens is 422 g/mol. The number of benzene rings is 1. The van der Waals surface area contributed by atoms with Crippen molar-refractivity contribution in [2.75, 3.05) is 13.1 Å². The minimum atomic E-state index is -3.56. The van der Waals surface area contributed by atoms with Crippen LogP contribution in [0.25, 0.3) is 0 Å². The summed E-state index contributed by atoms with van der Waals surface area (Å²) in [5.41, 5.74) is 1.16. The van der Waals surface area contributed by atoms with Crippen molar-refractivity contribution < 1.29 is 13.2 Å². The Morgan fingerprint density at radius 1 is 1.00 bits per heavy atom. The lowest BCUT2D eigenvalue weighted by molar-refractivity contribution is -0.127. The second kappa shape index (κ2) is 10.6. The van der Waals surface area contributed by atoms with Gasteiger partial charge in [-0.15, -0.1) is 0 Å². The van der Waals surface area contributed by atoms with Gasteiger partial charge in [-0.05, 0) is 42.9 Å². The number of sulfonamides is 1. The number of nitrogens with one attached hydrogen (secondary N) is 1. The van der Waals surface area contributed by atoms with Crippen molar-refractivity contribution in [3.05, 3.63) is 60.4 Å². The van der Waals surface area contributed by atoms with Crippen LogP contribution in [0.2, 0.25) is 0 Å². The van der Waals surface area contributed by atoms with Crippen LogP contribution in [0.4, 0.5) is 0 Å². The highest BCUT2D eigenvalue weighted by Gasteiger charge is 2.33. The number of hydrogen-bond donors (Lipinski definition) is 1. The highest BCUT2D eigenvalue weighted by Crippen LogP contribution is 2.32. The Kier molecular flexibility index (Phi) is 7.58. The largest absolute Gasteiger partial charge is 0.349 e. The number of carbonyl (C=O) groups excluding carboxylic acids is 1. The molecule has 2 heterocycles. The predicted octanol–water partition coefficient (Wildman–Crippen LogP) is 4.31. The Bertz CT molecular complexity index is 968. The lowest BCUT2D eigenvalue weighted by Crippen LogP contribution is -2.43. The predicted molar refractivity (Wildman–Crippen MR) is 124 cm³/mol. The van der Waals surface area contributed by atoms with E-state index in [2.05, 4.69) is 22.4 Å². The summed E-state index contributed by atoms with van der Waals surface area (Å²) in [7, 11) is -3.56. The van der Waals surface area contributed by atoms with E-state index in [0.29, 0.717) is 31.8 Å². The van der Waals surface area contributed by atoms with Gasteiger partial charge in [0, 0.05) is 31.4 Å². The first-order valence-electron chi connectivity index (χ1n) is 11.8. The van der Waals surface area contributed by atoms with Crippen LogP contribution in [0.1, 0.15) is 63.0 Å². The Hall–Kier alpha value is -2.25. The molecule has 0 radical (unpaired) electrons. The van der Waals surface area contributed by atoms with Crippen molar-refractivity contribution >= 4 is 15.9 Å². The maximum absolute atomic E-state index is 13.2. The zero-order chi connectivity index (χ0) is 22.4. The van der Waals surface area contributed by atoms with Crippen molar-refractivity contribution in [3.8, 4) is 0 Å². The van der Waals surface area contributed by atoms with E-state index in [0.717, 1.165) is 12.0 Å². The first kappa shape index (κ1) is 22.9. The molecule has 32 heavy (non-hydrogen) atoms. The first-order chi connectivity index (χ1) is 15.5. The zero-order valence-electron chi connectivity index (χ0n) is 18.5. The number of nitrogens with zero attached hydrogens (tertiary/aromatic N) is 2. The second-order valence-corrected chi connectivity index (χ2v) is 11.0. The Morgan fingerprint density at radius 2 is 1.72 bits per heavy atom. The molecule has 1 saturated carbocycles. The summed E-state index contributed by atoms with van der Waals surface area (Å²) in [5.74, 6) is 0.543. The fraction of sp³-hybridized carbons (Fsp3) is 0.520. The van der Waals surface area contributed by atoms with E-state index in [1.807, 2.05) is 18.2 Å². The summed E-state index contributed by atoms with van der Waals surface area (Å²) >= 11 is 0. The number of piperidine rings is 1. The number of aromatic nitrogens is 1. The summed E-state index contributed by atoms with van der Waals surface area (Å²) in [5, 5.41) is 3.32. The topological polar surface area (TPSA) is 79.4 Å². The normalized spacial score (nSPS) is 20.0. The molecule has 0 bridgehead atoms. The van der Waals surface area contributed by atoms with Crippen LogP contribution in [-0.2, 0) is 14.8 Å². The van der Waals surface area contributed by atoms with Gasteiger partial charge in [-0.3, -0.25) is 9.78 Å². The molecule has 2 aliphatic rings. The van der Waals surface area contributed by atoms with Gasteiger partial charge in [0.15, 0.2) is 0 Å². The quantitative estimate of drug-likeness (QED) is 0.675. The second-order valence-electron chi connectivity index (χ2n) is 9.08.